The van der Waals surface area contributed by atoms with Crippen molar-refractivity contribution in [2.45, 2.75) is 6.54 Å². The summed E-state index contributed by atoms with van der Waals surface area (Å²) in [6, 6.07) is 13.8. The van der Waals surface area contributed by atoms with Gasteiger partial charge >= 0.3 is 0 Å². The molecule has 0 heterocycles. The van der Waals surface area contributed by atoms with Gasteiger partial charge in [-0.3, -0.25) is 0 Å². The number of nitrogens with one attached hydrogen (secondary N) is 1. The van der Waals surface area contributed by atoms with E-state index in [2.05, 4.69) is 49.3 Å². The number of rotatable bonds is 7. The van der Waals surface area contributed by atoms with Crippen molar-refractivity contribution in [3.05, 3.63) is 57.0 Å². The van der Waals surface area contributed by atoms with Crippen LogP contribution in [0.1, 0.15) is 5.56 Å². The van der Waals surface area contributed by atoms with Crippen LogP contribution >= 0.6 is 31.9 Å². The first kappa shape index (κ1) is 16.3. The van der Waals surface area contributed by atoms with Crippen LogP contribution in [-0.2, 0) is 6.54 Å². The Morgan fingerprint density at radius 3 is 2.19 bits per heavy atom. The minimum Gasteiger partial charge on any atom is -0.490 e. The summed E-state index contributed by atoms with van der Waals surface area (Å²) in [6.45, 7) is 1.80. The minimum atomic E-state index is 0.484. The molecule has 2 aromatic carbocycles. The summed E-state index contributed by atoms with van der Waals surface area (Å²) in [5.74, 6) is 1.65. The van der Waals surface area contributed by atoms with Gasteiger partial charge in [-0.1, -0.05) is 18.2 Å². The first-order chi connectivity index (χ1) is 10.2. The molecule has 0 unspecified atom stereocenters. The lowest BCUT2D eigenvalue weighted by atomic mass is 10.2. The Labute approximate surface area is 141 Å². The summed E-state index contributed by atoms with van der Waals surface area (Å²) in [6.07, 6.45) is 0. The number of hydrogen-bond donors (Lipinski definition) is 1. The predicted octanol–water partition coefficient (Wildman–Crippen LogP) is 4.39. The van der Waals surface area contributed by atoms with E-state index in [4.69, 9.17) is 9.47 Å². The van der Waals surface area contributed by atoms with Gasteiger partial charge < -0.3 is 14.8 Å². The third kappa shape index (κ3) is 5.02. The molecule has 0 bridgehead atoms. The van der Waals surface area contributed by atoms with Crippen LogP contribution in [0.15, 0.2) is 51.4 Å². The second-order valence-corrected chi connectivity index (χ2v) is 6.14. The summed E-state index contributed by atoms with van der Waals surface area (Å²) < 4.78 is 13.3. The molecule has 112 valence electrons. The van der Waals surface area contributed by atoms with Gasteiger partial charge in [-0.2, -0.15) is 0 Å². The molecular weight excluding hydrogens is 398 g/mol. The Kier molecular flexibility index (Phi) is 6.54. The second kappa shape index (κ2) is 8.41. The highest BCUT2D eigenvalue weighted by Gasteiger charge is 2.09. The van der Waals surface area contributed by atoms with E-state index < -0.39 is 0 Å². The van der Waals surface area contributed by atoms with Crippen LogP contribution < -0.4 is 14.8 Å². The molecule has 0 fully saturated rings. The standard InChI is InChI=1S/C16H17Br2NO2/c1-19-11-12-9-14(17)16(15(18)10-12)21-8-7-20-13-5-3-2-4-6-13/h2-6,9-10,19H,7-8,11H2,1H3. The molecule has 0 spiro atoms. The van der Waals surface area contributed by atoms with Crippen LogP contribution in [0, 0.1) is 0 Å². The zero-order valence-electron chi connectivity index (χ0n) is 11.7. The Morgan fingerprint density at radius 1 is 0.952 bits per heavy atom. The van der Waals surface area contributed by atoms with Gasteiger partial charge in [0, 0.05) is 6.54 Å². The van der Waals surface area contributed by atoms with E-state index in [0.717, 1.165) is 27.0 Å². The molecule has 2 aromatic rings. The molecule has 2 rings (SSSR count). The lowest BCUT2D eigenvalue weighted by molar-refractivity contribution is 0.215. The van der Waals surface area contributed by atoms with E-state index in [9.17, 15) is 0 Å². The minimum absolute atomic E-state index is 0.484. The van der Waals surface area contributed by atoms with Crippen molar-refractivity contribution in [1.82, 2.24) is 5.32 Å². The quantitative estimate of drug-likeness (QED) is 0.681. The van der Waals surface area contributed by atoms with E-state index in [0.29, 0.717) is 13.2 Å². The van der Waals surface area contributed by atoms with Crippen molar-refractivity contribution < 1.29 is 9.47 Å². The number of benzene rings is 2. The van der Waals surface area contributed by atoms with Gasteiger partial charge in [-0.05, 0) is 68.7 Å². The fraction of sp³-hybridized carbons (Fsp3) is 0.250. The highest BCUT2D eigenvalue weighted by Crippen LogP contribution is 2.34. The SMILES string of the molecule is CNCc1cc(Br)c(OCCOc2ccccc2)c(Br)c1. The number of ether oxygens (including phenoxy) is 2. The third-order valence-corrected chi connectivity index (χ3v) is 3.96. The fourth-order valence-electron chi connectivity index (χ4n) is 1.88. The maximum Gasteiger partial charge on any atom is 0.147 e. The Hall–Kier alpha value is -1.04. The van der Waals surface area contributed by atoms with Crippen molar-refractivity contribution >= 4 is 31.9 Å². The zero-order chi connectivity index (χ0) is 15.1. The largest absolute Gasteiger partial charge is 0.490 e. The van der Waals surface area contributed by atoms with Gasteiger partial charge in [0.2, 0.25) is 0 Å². The third-order valence-electron chi connectivity index (χ3n) is 2.78. The summed E-state index contributed by atoms with van der Waals surface area (Å²) in [7, 11) is 1.92. The van der Waals surface area contributed by atoms with Crippen molar-refractivity contribution in [2.75, 3.05) is 20.3 Å². The molecule has 0 aliphatic carbocycles. The summed E-state index contributed by atoms with van der Waals surface area (Å²) >= 11 is 7.08. The normalized spacial score (nSPS) is 10.4. The molecule has 0 radical (unpaired) electrons. The Bertz CT molecular complexity index is 553. The van der Waals surface area contributed by atoms with Crippen LogP contribution in [0.2, 0.25) is 0 Å². The molecular formula is C16H17Br2NO2. The Morgan fingerprint density at radius 2 is 1.57 bits per heavy atom. The first-order valence-electron chi connectivity index (χ1n) is 6.64. The average Bonchev–Trinajstić information content (AvgIpc) is 2.47. The van der Waals surface area contributed by atoms with Gasteiger partial charge in [-0.25, -0.2) is 0 Å². The highest BCUT2D eigenvalue weighted by atomic mass is 79.9. The maximum absolute atomic E-state index is 5.78. The molecule has 5 heteroatoms. The van der Waals surface area contributed by atoms with Gasteiger partial charge in [0.25, 0.3) is 0 Å². The van der Waals surface area contributed by atoms with Crippen molar-refractivity contribution in [3.63, 3.8) is 0 Å². The van der Waals surface area contributed by atoms with Crippen LogP contribution in [-0.4, -0.2) is 20.3 Å². The molecule has 0 aliphatic heterocycles. The number of halogens is 2. The van der Waals surface area contributed by atoms with Crippen LogP contribution in [0.4, 0.5) is 0 Å². The molecule has 1 N–H and O–H groups in total. The molecule has 0 aromatic heterocycles. The van der Waals surface area contributed by atoms with Crippen LogP contribution in [0.25, 0.3) is 0 Å². The van der Waals surface area contributed by atoms with Gasteiger partial charge in [0.1, 0.15) is 24.7 Å². The number of para-hydroxylation sites is 1. The lowest BCUT2D eigenvalue weighted by Gasteiger charge is -2.13. The van der Waals surface area contributed by atoms with Crippen LogP contribution in [0.3, 0.4) is 0 Å². The molecule has 3 nitrogen and oxygen atoms in total. The summed E-state index contributed by atoms with van der Waals surface area (Å²) in [4.78, 5) is 0. The van der Waals surface area contributed by atoms with E-state index >= 15 is 0 Å². The smallest absolute Gasteiger partial charge is 0.147 e. The van der Waals surface area contributed by atoms with Crippen molar-refractivity contribution in [1.29, 1.82) is 0 Å². The summed E-state index contributed by atoms with van der Waals surface area (Å²) in [5.41, 5.74) is 1.18. The van der Waals surface area contributed by atoms with Gasteiger partial charge in [0.15, 0.2) is 0 Å². The van der Waals surface area contributed by atoms with Crippen LogP contribution in [0.5, 0.6) is 11.5 Å². The fourth-order valence-corrected chi connectivity index (χ4v) is 3.39. The molecule has 0 aliphatic rings. The highest BCUT2D eigenvalue weighted by molar-refractivity contribution is 9.11. The number of hydrogen-bond acceptors (Lipinski definition) is 3. The van der Waals surface area contributed by atoms with Crippen molar-refractivity contribution in [3.8, 4) is 11.5 Å². The average molecular weight is 415 g/mol. The molecule has 21 heavy (non-hydrogen) atoms. The van der Waals surface area contributed by atoms with E-state index in [1.807, 2.05) is 37.4 Å². The molecule has 0 saturated heterocycles. The van der Waals surface area contributed by atoms with E-state index in [1.54, 1.807) is 0 Å². The predicted molar refractivity (Wildman–Crippen MR) is 92.0 cm³/mol. The first-order valence-corrected chi connectivity index (χ1v) is 8.22. The molecule has 0 saturated carbocycles. The van der Waals surface area contributed by atoms with E-state index in [-0.39, 0.29) is 0 Å². The zero-order valence-corrected chi connectivity index (χ0v) is 14.9. The van der Waals surface area contributed by atoms with E-state index in [1.165, 1.54) is 5.56 Å². The Balaban J connectivity index is 1.88. The maximum atomic E-state index is 5.78. The second-order valence-electron chi connectivity index (χ2n) is 4.43. The monoisotopic (exact) mass is 413 g/mol. The topological polar surface area (TPSA) is 30.5 Å². The van der Waals surface area contributed by atoms with Gasteiger partial charge in [-0.15, -0.1) is 0 Å². The van der Waals surface area contributed by atoms with Gasteiger partial charge in [0.05, 0.1) is 8.95 Å². The molecule has 0 amide bonds. The lowest BCUT2D eigenvalue weighted by Crippen LogP contribution is -2.10. The van der Waals surface area contributed by atoms with Crippen molar-refractivity contribution in [2.24, 2.45) is 0 Å². The summed E-state index contributed by atoms with van der Waals surface area (Å²) in [5, 5.41) is 3.13. The molecule has 0 atom stereocenters.